The van der Waals surface area contributed by atoms with Crippen molar-refractivity contribution in [1.82, 2.24) is 0 Å². The standard InChI is InChI=1S/C12H16O4/c1-8(13)7-9-3-4-10-12(11(9)14-2)16-6-5-15-10/h3-4,8,13H,5-7H2,1-2H3. The van der Waals surface area contributed by atoms with Crippen LogP contribution in [-0.2, 0) is 6.42 Å². The lowest BCUT2D eigenvalue weighted by molar-refractivity contribution is 0.163. The molecular weight excluding hydrogens is 208 g/mol. The van der Waals surface area contributed by atoms with Gasteiger partial charge in [-0.3, -0.25) is 0 Å². The molecule has 88 valence electrons. The molecule has 1 aliphatic rings. The van der Waals surface area contributed by atoms with Gasteiger partial charge in [0.1, 0.15) is 13.2 Å². The number of fused-ring (bicyclic) bond motifs is 1. The number of aliphatic hydroxyl groups excluding tert-OH is 1. The fourth-order valence-electron chi connectivity index (χ4n) is 1.83. The molecule has 1 unspecified atom stereocenters. The second-order valence-electron chi connectivity index (χ2n) is 3.84. The molecular formula is C12H16O4. The van der Waals surface area contributed by atoms with Crippen molar-refractivity contribution in [3.63, 3.8) is 0 Å². The van der Waals surface area contributed by atoms with Gasteiger partial charge in [-0.1, -0.05) is 6.07 Å². The second kappa shape index (κ2) is 4.61. The van der Waals surface area contributed by atoms with Gasteiger partial charge >= 0.3 is 0 Å². The predicted octanol–water partition coefficient (Wildman–Crippen LogP) is 1.39. The van der Waals surface area contributed by atoms with Gasteiger partial charge in [0.05, 0.1) is 13.2 Å². The fourth-order valence-corrected chi connectivity index (χ4v) is 1.83. The van der Waals surface area contributed by atoms with E-state index in [4.69, 9.17) is 14.2 Å². The lowest BCUT2D eigenvalue weighted by Gasteiger charge is -2.22. The summed E-state index contributed by atoms with van der Waals surface area (Å²) in [6.07, 6.45) is 0.135. The van der Waals surface area contributed by atoms with Crippen molar-refractivity contribution in [1.29, 1.82) is 0 Å². The molecule has 0 saturated carbocycles. The van der Waals surface area contributed by atoms with Gasteiger partial charge in [-0.15, -0.1) is 0 Å². The molecule has 2 rings (SSSR count). The van der Waals surface area contributed by atoms with Crippen LogP contribution in [0.4, 0.5) is 0 Å². The molecule has 0 bridgehead atoms. The van der Waals surface area contributed by atoms with Gasteiger partial charge in [-0.25, -0.2) is 0 Å². The first-order chi connectivity index (χ1) is 7.72. The zero-order chi connectivity index (χ0) is 11.5. The molecule has 0 radical (unpaired) electrons. The summed E-state index contributed by atoms with van der Waals surface area (Å²) in [4.78, 5) is 0. The van der Waals surface area contributed by atoms with Crippen molar-refractivity contribution < 1.29 is 19.3 Å². The SMILES string of the molecule is COc1c(CC(C)O)ccc2c1OCCO2. The summed E-state index contributed by atoms with van der Waals surface area (Å²) in [6.45, 7) is 2.84. The monoisotopic (exact) mass is 224 g/mol. The Hall–Kier alpha value is -1.42. The van der Waals surface area contributed by atoms with E-state index in [0.29, 0.717) is 36.9 Å². The maximum absolute atomic E-state index is 9.40. The van der Waals surface area contributed by atoms with Crippen LogP contribution in [0.3, 0.4) is 0 Å². The van der Waals surface area contributed by atoms with Crippen LogP contribution in [0.25, 0.3) is 0 Å². The van der Waals surface area contributed by atoms with Gasteiger partial charge in [0.25, 0.3) is 0 Å². The summed E-state index contributed by atoms with van der Waals surface area (Å²) in [5.74, 6) is 2.02. The Balaban J connectivity index is 2.39. The van der Waals surface area contributed by atoms with Gasteiger partial charge < -0.3 is 19.3 Å². The quantitative estimate of drug-likeness (QED) is 0.842. The third-order valence-corrected chi connectivity index (χ3v) is 2.46. The highest BCUT2D eigenvalue weighted by Gasteiger charge is 2.20. The topological polar surface area (TPSA) is 47.9 Å². The normalized spacial score (nSPS) is 15.7. The Morgan fingerprint density at radius 1 is 1.38 bits per heavy atom. The van der Waals surface area contributed by atoms with Crippen LogP contribution in [-0.4, -0.2) is 31.5 Å². The van der Waals surface area contributed by atoms with Gasteiger partial charge in [-0.2, -0.15) is 0 Å². The first-order valence-electron chi connectivity index (χ1n) is 5.36. The van der Waals surface area contributed by atoms with Crippen molar-refractivity contribution >= 4 is 0 Å². The van der Waals surface area contributed by atoms with Crippen LogP contribution in [0, 0.1) is 0 Å². The average molecular weight is 224 g/mol. The smallest absolute Gasteiger partial charge is 0.203 e. The van der Waals surface area contributed by atoms with Crippen molar-refractivity contribution in [3.05, 3.63) is 17.7 Å². The summed E-state index contributed by atoms with van der Waals surface area (Å²) in [7, 11) is 1.60. The minimum atomic E-state index is -0.406. The van der Waals surface area contributed by atoms with E-state index in [1.54, 1.807) is 14.0 Å². The molecule has 0 spiro atoms. The van der Waals surface area contributed by atoms with Crippen molar-refractivity contribution in [2.24, 2.45) is 0 Å². The van der Waals surface area contributed by atoms with E-state index in [2.05, 4.69) is 0 Å². The van der Waals surface area contributed by atoms with Gasteiger partial charge in [-0.05, 0) is 13.0 Å². The Morgan fingerprint density at radius 2 is 2.12 bits per heavy atom. The summed E-state index contributed by atoms with van der Waals surface area (Å²) in [5.41, 5.74) is 0.932. The Morgan fingerprint density at radius 3 is 2.81 bits per heavy atom. The highest BCUT2D eigenvalue weighted by atomic mass is 16.6. The maximum atomic E-state index is 9.40. The zero-order valence-electron chi connectivity index (χ0n) is 9.53. The van der Waals surface area contributed by atoms with Crippen molar-refractivity contribution in [3.8, 4) is 17.2 Å². The number of rotatable bonds is 3. The molecule has 1 aromatic rings. The highest BCUT2D eigenvalue weighted by Crippen LogP contribution is 2.41. The molecule has 0 aliphatic carbocycles. The number of methoxy groups -OCH3 is 1. The number of aliphatic hydroxyl groups is 1. The van der Waals surface area contributed by atoms with Gasteiger partial charge in [0.2, 0.25) is 5.75 Å². The van der Waals surface area contributed by atoms with E-state index >= 15 is 0 Å². The molecule has 0 saturated heterocycles. The van der Waals surface area contributed by atoms with E-state index in [1.807, 2.05) is 12.1 Å². The zero-order valence-corrected chi connectivity index (χ0v) is 9.53. The molecule has 4 nitrogen and oxygen atoms in total. The molecule has 16 heavy (non-hydrogen) atoms. The van der Waals surface area contributed by atoms with Crippen LogP contribution in [0.2, 0.25) is 0 Å². The van der Waals surface area contributed by atoms with Crippen LogP contribution in [0.15, 0.2) is 12.1 Å². The molecule has 0 fully saturated rings. The minimum absolute atomic E-state index is 0.406. The molecule has 1 N–H and O–H groups in total. The molecule has 0 aromatic heterocycles. The average Bonchev–Trinajstić information content (AvgIpc) is 2.28. The lowest BCUT2D eigenvalue weighted by atomic mass is 10.1. The molecule has 1 heterocycles. The first kappa shape index (κ1) is 11.1. The van der Waals surface area contributed by atoms with E-state index in [0.717, 1.165) is 5.56 Å². The molecule has 1 atom stereocenters. The number of hydrogen-bond donors (Lipinski definition) is 1. The van der Waals surface area contributed by atoms with Crippen molar-refractivity contribution in [2.45, 2.75) is 19.4 Å². The number of hydrogen-bond acceptors (Lipinski definition) is 4. The van der Waals surface area contributed by atoms with E-state index in [9.17, 15) is 5.11 Å². The van der Waals surface area contributed by atoms with E-state index in [-0.39, 0.29) is 0 Å². The minimum Gasteiger partial charge on any atom is -0.492 e. The van der Waals surface area contributed by atoms with Crippen LogP contribution >= 0.6 is 0 Å². The molecule has 4 heteroatoms. The predicted molar refractivity (Wildman–Crippen MR) is 59.4 cm³/mol. The maximum Gasteiger partial charge on any atom is 0.203 e. The molecule has 1 aromatic carbocycles. The third kappa shape index (κ3) is 2.07. The summed E-state index contributed by atoms with van der Waals surface area (Å²) in [5, 5.41) is 9.40. The lowest BCUT2D eigenvalue weighted by Crippen LogP contribution is -2.17. The van der Waals surface area contributed by atoms with Gasteiger partial charge in [0, 0.05) is 12.0 Å². The van der Waals surface area contributed by atoms with Crippen molar-refractivity contribution in [2.75, 3.05) is 20.3 Å². The Labute approximate surface area is 94.8 Å². The fraction of sp³-hybridized carbons (Fsp3) is 0.500. The summed E-state index contributed by atoms with van der Waals surface area (Å²) >= 11 is 0. The number of benzene rings is 1. The largest absolute Gasteiger partial charge is 0.492 e. The first-order valence-corrected chi connectivity index (χ1v) is 5.36. The van der Waals surface area contributed by atoms with Crippen LogP contribution < -0.4 is 14.2 Å². The Bertz CT molecular complexity index is 374. The van der Waals surface area contributed by atoms with E-state index in [1.165, 1.54) is 0 Å². The second-order valence-corrected chi connectivity index (χ2v) is 3.84. The summed E-state index contributed by atoms with van der Waals surface area (Å²) < 4.78 is 16.3. The number of ether oxygens (including phenoxy) is 3. The molecule has 0 amide bonds. The third-order valence-electron chi connectivity index (χ3n) is 2.46. The van der Waals surface area contributed by atoms with Gasteiger partial charge in [0.15, 0.2) is 11.5 Å². The highest BCUT2D eigenvalue weighted by molar-refractivity contribution is 5.56. The summed E-state index contributed by atoms with van der Waals surface area (Å²) in [6, 6.07) is 3.76. The molecule has 1 aliphatic heterocycles. The van der Waals surface area contributed by atoms with Crippen LogP contribution in [0.5, 0.6) is 17.2 Å². The van der Waals surface area contributed by atoms with E-state index < -0.39 is 6.10 Å². The van der Waals surface area contributed by atoms with Crippen LogP contribution in [0.1, 0.15) is 12.5 Å². The Kier molecular flexibility index (Phi) is 3.19.